The number of aliphatic imine (C=N–C) groups is 1. The third-order valence-electron chi connectivity index (χ3n) is 4.51. The zero-order chi connectivity index (χ0) is 17.3. The average Bonchev–Trinajstić information content (AvgIpc) is 3.16. The van der Waals surface area contributed by atoms with Gasteiger partial charge < -0.3 is 25.0 Å². The third kappa shape index (κ3) is 5.53. The summed E-state index contributed by atoms with van der Waals surface area (Å²) in [6.07, 6.45) is 3.80. The minimum atomic E-state index is -0.0463. The molecular formula is C19H30N4O2. The molecule has 2 aliphatic rings. The van der Waals surface area contributed by atoms with Gasteiger partial charge in [-0.05, 0) is 58.0 Å². The van der Waals surface area contributed by atoms with Crippen LogP contribution in [0.2, 0.25) is 0 Å². The number of fused-ring (bicyclic) bond motifs is 1. The maximum atomic E-state index is 5.96. The van der Waals surface area contributed by atoms with Crippen LogP contribution in [0.5, 0.6) is 11.5 Å². The second-order valence-corrected chi connectivity index (χ2v) is 6.55. The van der Waals surface area contributed by atoms with E-state index in [2.05, 4.69) is 27.4 Å². The van der Waals surface area contributed by atoms with Crippen molar-refractivity contribution in [3.05, 3.63) is 24.3 Å². The van der Waals surface area contributed by atoms with Gasteiger partial charge in [-0.1, -0.05) is 12.1 Å². The van der Waals surface area contributed by atoms with Crippen LogP contribution in [-0.2, 0) is 0 Å². The van der Waals surface area contributed by atoms with E-state index in [0.717, 1.165) is 37.0 Å². The highest BCUT2D eigenvalue weighted by atomic mass is 16.6. The van der Waals surface area contributed by atoms with Crippen LogP contribution in [0.3, 0.4) is 0 Å². The number of para-hydroxylation sites is 2. The van der Waals surface area contributed by atoms with Gasteiger partial charge in [0.1, 0.15) is 6.61 Å². The zero-order valence-corrected chi connectivity index (χ0v) is 15.2. The number of hydrogen-bond donors (Lipinski definition) is 2. The molecule has 6 heteroatoms. The van der Waals surface area contributed by atoms with Crippen LogP contribution in [0.1, 0.15) is 26.2 Å². The monoisotopic (exact) mass is 346 g/mol. The molecule has 3 rings (SSSR count). The van der Waals surface area contributed by atoms with E-state index in [4.69, 9.17) is 9.47 Å². The molecule has 25 heavy (non-hydrogen) atoms. The first-order valence-corrected chi connectivity index (χ1v) is 9.48. The number of nitrogens with zero attached hydrogens (tertiary/aromatic N) is 2. The standard InChI is InChI=1S/C19H30N4O2/c1-2-20-19(21-10-7-13-23-11-5-6-12-23)22-14-16-15-24-17-8-3-4-9-18(17)25-16/h3-4,8-9,16H,2,5-7,10-15H2,1H3,(H2,20,21,22). The maximum Gasteiger partial charge on any atom is 0.191 e. The molecule has 0 aliphatic carbocycles. The molecule has 0 radical (unpaired) electrons. The Morgan fingerprint density at radius 2 is 2.00 bits per heavy atom. The molecule has 1 unspecified atom stereocenters. The molecule has 0 aromatic heterocycles. The van der Waals surface area contributed by atoms with Crippen molar-refractivity contribution in [1.82, 2.24) is 15.5 Å². The van der Waals surface area contributed by atoms with Gasteiger partial charge in [-0.2, -0.15) is 0 Å². The molecule has 0 amide bonds. The van der Waals surface area contributed by atoms with E-state index in [-0.39, 0.29) is 6.10 Å². The maximum absolute atomic E-state index is 5.96. The molecule has 1 saturated heterocycles. The predicted octanol–water partition coefficient (Wildman–Crippen LogP) is 1.87. The SMILES string of the molecule is CCNC(=NCC1COc2ccccc2O1)NCCCN1CCCC1. The van der Waals surface area contributed by atoms with Crippen LogP contribution in [0.15, 0.2) is 29.3 Å². The van der Waals surface area contributed by atoms with E-state index >= 15 is 0 Å². The highest BCUT2D eigenvalue weighted by Crippen LogP contribution is 2.30. The summed E-state index contributed by atoms with van der Waals surface area (Å²) in [6.45, 7) is 8.67. The summed E-state index contributed by atoms with van der Waals surface area (Å²) in [4.78, 5) is 7.19. The largest absolute Gasteiger partial charge is 0.486 e. The molecule has 6 nitrogen and oxygen atoms in total. The highest BCUT2D eigenvalue weighted by Gasteiger charge is 2.20. The minimum absolute atomic E-state index is 0.0463. The van der Waals surface area contributed by atoms with Crippen molar-refractivity contribution in [2.45, 2.75) is 32.3 Å². The van der Waals surface area contributed by atoms with Crippen LogP contribution < -0.4 is 20.1 Å². The predicted molar refractivity (Wildman–Crippen MR) is 101 cm³/mol. The van der Waals surface area contributed by atoms with E-state index in [1.807, 2.05) is 24.3 Å². The number of guanidine groups is 1. The van der Waals surface area contributed by atoms with Crippen molar-refractivity contribution in [3.63, 3.8) is 0 Å². The molecule has 0 spiro atoms. The van der Waals surface area contributed by atoms with Gasteiger partial charge in [-0.15, -0.1) is 0 Å². The van der Waals surface area contributed by atoms with Gasteiger partial charge in [-0.3, -0.25) is 0 Å². The van der Waals surface area contributed by atoms with E-state index in [1.165, 1.54) is 32.5 Å². The Bertz CT molecular complexity index is 558. The second-order valence-electron chi connectivity index (χ2n) is 6.55. The summed E-state index contributed by atoms with van der Waals surface area (Å²) in [5, 5.41) is 6.72. The first kappa shape index (κ1) is 17.9. The summed E-state index contributed by atoms with van der Waals surface area (Å²) in [5.74, 6) is 2.47. The molecular weight excluding hydrogens is 316 g/mol. The molecule has 2 aliphatic heterocycles. The lowest BCUT2D eigenvalue weighted by Gasteiger charge is -2.25. The first-order chi connectivity index (χ1) is 12.3. The van der Waals surface area contributed by atoms with Gasteiger partial charge in [0, 0.05) is 13.1 Å². The van der Waals surface area contributed by atoms with E-state index in [0.29, 0.717) is 13.2 Å². The zero-order valence-electron chi connectivity index (χ0n) is 15.2. The van der Waals surface area contributed by atoms with E-state index in [9.17, 15) is 0 Å². The molecule has 1 fully saturated rings. The third-order valence-corrected chi connectivity index (χ3v) is 4.51. The van der Waals surface area contributed by atoms with Crippen LogP contribution in [0.4, 0.5) is 0 Å². The van der Waals surface area contributed by atoms with Crippen LogP contribution in [0, 0.1) is 0 Å². The number of nitrogens with one attached hydrogen (secondary N) is 2. The van der Waals surface area contributed by atoms with Crippen molar-refractivity contribution >= 4 is 5.96 Å². The van der Waals surface area contributed by atoms with Crippen molar-refractivity contribution in [3.8, 4) is 11.5 Å². The molecule has 0 bridgehead atoms. The number of benzene rings is 1. The van der Waals surface area contributed by atoms with Gasteiger partial charge in [0.05, 0.1) is 6.54 Å². The summed E-state index contributed by atoms with van der Waals surface area (Å²) in [7, 11) is 0. The lowest BCUT2D eigenvalue weighted by molar-refractivity contribution is 0.0971. The fraction of sp³-hybridized carbons (Fsp3) is 0.632. The smallest absolute Gasteiger partial charge is 0.191 e. The Morgan fingerprint density at radius 3 is 2.80 bits per heavy atom. The van der Waals surface area contributed by atoms with E-state index < -0.39 is 0 Å². The Hall–Kier alpha value is -1.95. The van der Waals surface area contributed by atoms with Gasteiger partial charge in [0.2, 0.25) is 0 Å². The van der Waals surface area contributed by atoms with Crippen molar-refractivity contribution < 1.29 is 9.47 Å². The Morgan fingerprint density at radius 1 is 1.20 bits per heavy atom. The lowest BCUT2D eigenvalue weighted by atomic mass is 10.2. The van der Waals surface area contributed by atoms with Gasteiger partial charge in [0.15, 0.2) is 23.6 Å². The molecule has 2 heterocycles. The summed E-state index contributed by atoms with van der Waals surface area (Å²) < 4.78 is 11.7. The Labute approximate surface area is 150 Å². The summed E-state index contributed by atoms with van der Waals surface area (Å²) in [5.41, 5.74) is 0. The van der Waals surface area contributed by atoms with Crippen molar-refractivity contribution in [1.29, 1.82) is 0 Å². The van der Waals surface area contributed by atoms with E-state index in [1.54, 1.807) is 0 Å². The number of ether oxygens (including phenoxy) is 2. The van der Waals surface area contributed by atoms with Gasteiger partial charge in [-0.25, -0.2) is 4.99 Å². The lowest BCUT2D eigenvalue weighted by Crippen LogP contribution is -2.40. The average molecular weight is 346 g/mol. The minimum Gasteiger partial charge on any atom is -0.486 e. The Balaban J connectivity index is 1.42. The molecule has 1 aromatic rings. The summed E-state index contributed by atoms with van der Waals surface area (Å²) in [6, 6.07) is 7.78. The fourth-order valence-corrected chi connectivity index (χ4v) is 3.20. The summed E-state index contributed by atoms with van der Waals surface area (Å²) >= 11 is 0. The van der Waals surface area contributed by atoms with Crippen LogP contribution in [-0.4, -0.2) is 62.8 Å². The topological polar surface area (TPSA) is 58.1 Å². The number of likely N-dealkylation sites (tertiary alicyclic amines) is 1. The van der Waals surface area contributed by atoms with Gasteiger partial charge in [0.25, 0.3) is 0 Å². The van der Waals surface area contributed by atoms with Crippen molar-refractivity contribution in [2.75, 3.05) is 45.9 Å². The molecule has 1 aromatic carbocycles. The van der Waals surface area contributed by atoms with Crippen LogP contribution in [0.25, 0.3) is 0 Å². The quantitative estimate of drug-likeness (QED) is 0.448. The molecule has 2 N–H and O–H groups in total. The Kier molecular flexibility index (Phi) is 6.79. The normalized spacial score (nSPS) is 20.5. The van der Waals surface area contributed by atoms with Gasteiger partial charge >= 0.3 is 0 Å². The van der Waals surface area contributed by atoms with Crippen LogP contribution >= 0.6 is 0 Å². The second kappa shape index (κ2) is 9.51. The molecule has 1 atom stereocenters. The number of hydrogen-bond acceptors (Lipinski definition) is 4. The highest BCUT2D eigenvalue weighted by molar-refractivity contribution is 5.79. The fourth-order valence-electron chi connectivity index (χ4n) is 3.20. The molecule has 0 saturated carbocycles. The number of rotatable bonds is 7. The molecule has 138 valence electrons. The van der Waals surface area contributed by atoms with Crippen molar-refractivity contribution in [2.24, 2.45) is 4.99 Å². The first-order valence-electron chi connectivity index (χ1n) is 9.48.